The third-order valence-corrected chi connectivity index (χ3v) is 1.64. The molecular formula is C8H11ClN2. The van der Waals surface area contributed by atoms with E-state index in [-0.39, 0.29) is 0 Å². The van der Waals surface area contributed by atoms with Gasteiger partial charge in [-0.3, -0.25) is 4.42 Å². The Kier molecular flexibility index (Phi) is 2.25. The predicted octanol–water partition coefficient (Wildman–Crippen LogP) is 2.17. The van der Waals surface area contributed by atoms with Gasteiger partial charge in [0.05, 0.1) is 5.69 Å². The first-order chi connectivity index (χ1) is 5.09. The summed E-state index contributed by atoms with van der Waals surface area (Å²) in [5.41, 5.74) is 8.39. The highest BCUT2D eigenvalue weighted by atomic mass is 35.5. The second kappa shape index (κ2) is 3.01. The molecule has 0 radical (unpaired) electrons. The molecule has 0 aliphatic carbocycles. The maximum Gasteiger partial charge on any atom is 0.0542 e. The maximum atomic E-state index is 5.72. The smallest absolute Gasteiger partial charge is 0.0542 e. The average molecular weight is 171 g/mol. The van der Waals surface area contributed by atoms with Gasteiger partial charge in [0.15, 0.2) is 0 Å². The molecule has 0 unspecified atom stereocenters. The van der Waals surface area contributed by atoms with Gasteiger partial charge in [-0.15, -0.1) is 0 Å². The van der Waals surface area contributed by atoms with Gasteiger partial charge in [0.2, 0.25) is 0 Å². The van der Waals surface area contributed by atoms with E-state index in [1.165, 1.54) is 4.42 Å². The first kappa shape index (κ1) is 8.21. The van der Waals surface area contributed by atoms with E-state index in [4.69, 9.17) is 17.5 Å². The summed E-state index contributed by atoms with van der Waals surface area (Å²) in [6.45, 7) is 1.99. The van der Waals surface area contributed by atoms with Crippen molar-refractivity contribution >= 4 is 23.2 Å². The van der Waals surface area contributed by atoms with Crippen LogP contribution >= 0.6 is 11.8 Å². The van der Waals surface area contributed by atoms with Gasteiger partial charge in [-0.05, 0) is 30.7 Å². The Balaban J connectivity index is 3.08. The lowest BCUT2D eigenvalue weighted by molar-refractivity contribution is 1.32. The van der Waals surface area contributed by atoms with Crippen molar-refractivity contribution in [3.63, 3.8) is 0 Å². The third-order valence-electron chi connectivity index (χ3n) is 1.44. The quantitative estimate of drug-likeness (QED) is 0.517. The number of halogens is 1. The zero-order chi connectivity index (χ0) is 8.43. The fourth-order valence-electron chi connectivity index (χ4n) is 0.970. The van der Waals surface area contributed by atoms with Crippen molar-refractivity contribution in [2.45, 2.75) is 6.92 Å². The number of hydrogen-bond acceptors (Lipinski definition) is 2. The molecule has 0 aliphatic heterocycles. The summed E-state index contributed by atoms with van der Waals surface area (Å²) in [5, 5.41) is 0. The van der Waals surface area contributed by atoms with Gasteiger partial charge in [-0.1, -0.05) is 0 Å². The lowest BCUT2D eigenvalue weighted by Gasteiger charge is -2.10. The molecule has 0 fully saturated rings. The summed E-state index contributed by atoms with van der Waals surface area (Å²) >= 11 is 5.72. The van der Waals surface area contributed by atoms with Crippen LogP contribution in [0.2, 0.25) is 0 Å². The van der Waals surface area contributed by atoms with Gasteiger partial charge < -0.3 is 5.73 Å². The van der Waals surface area contributed by atoms with Gasteiger partial charge in [-0.2, -0.15) is 0 Å². The van der Waals surface area contributed by atoms with E-state index in [1.54, 1.807) is 7.05 Å². The molecule has 2 nitrogen and oxygen atoms in total. The Morgan fingerprint density at radius 1 is 1.36 bits per heavy atom. The number of rotatable bonds is 1. The first-order valence-electron chi connectivity index (χ1n) is 3.36. The summed E-state index contributed by atoms with van der Waals surface area (Å²) in [6, 6.07) is 5.72. The number of nitrogens with two attached hydrogens (primary N) is 1. The van der Waals surface area contributed by atoms with Crippen molar-refractivity contribution in [3.05, 3.63) is 23.8 Å². The zero-order valence-electron chi connectivity index (χ0n) is 6.63. The number of anilines is 2. The summed E-state index contributed by atoms with van der Waals surface area (Å²) in [6.07, 6.45) is 0. The van der Waals surface area contributed by atoms with Crippen LogP contribution in [0.5, 0.6) is 0 Å². The van der Waals surface area contributed by atoms with Crippen LogP contribution in [-0.4, -0.2) is 7.05 Å². The van der Waals surface area contributed by atoms with Crippen LogP contribution in [0.4, 0.5) is 11.4 Å². The molecule has 1 aromatic carbocycles. The summed E-state index contributed by atoms with van der Waals surface area (Å²) in [5.74, 6) is 0. The second-order valence-electron chi connectivity index (χ2n) is 2.58. The molecule has 0 amide bonds. The van der Waals surface area contributed by atoms with Crippen LogP contribution in [0, 0.1) is 6.92 Å². The van der Waals surface area contributed by atoms with Crippen LogP contribution in [0.15, 0.2) is 18.2 Å². The van der Waals surface area contributed by atoms with E-state index >= 15 is 0 Å². The van der Waals surface area contributed by atoms with E-state index in [0.29, 0.717) is 0 Å². The van der Waals surface area contributed by atoms with Crippen LogP contribution in [0.25, 0.3) is 0 Å². The van der Waals surface area contributed by atoms with Crippen molar-refractivity contribution in [3.8, 4) is 0 Å². The molecule has 0 aromatic heterocycles. The minimum Gasteiger partial charge on any atom is -0.399 e. The zero-order valence-corrected chi connectivity index (χ0v) is 7.39. The van der Waals surface area contributed by atoms with Crippen molar-refractivity contribution in [2.24, 2.45) is 0 Å². The summed E-state index contributed by atoms with van der Waals surface area (Å²) in [4.78, 5) is 0. The SMILES string of the molecule is Cc1cc(N)cc(N(C)Cl)c1. The molecule has 11 heavy (non-hydrogen) atoms. The number of nitrogen functional groups attached to an aromatic ring is 1. The Morgan fingerprint density at radius 2 is 2.00 bits per heavy atom. The normalized spacial score (nSPS) is 9.73. The van der Waals surface area contributed by atoms with Crippen LogP contribution in [0.3, 0.4) is 0 Å². The van der Waals surface area contributed by atoms with Crippen LogP contribution in [0.1, 0.15) is 5.56 Å². The standard InChI is InChI=1S/C8H11ClN2/c1-6-3-7(10)5-8(4-6)11(2)9/h3-5H,10H2,1-2H3. The lowest BCUT2D eigenvalue weighted by atomic mass is 10.2. The van der Waals surface area contributed by atoms with Gasteiger partial charge >= 0.3 is 0 Å². The van der Waals surface area contributed by atoms with Crippen LogP contribution in [-0.2, 0) is 0 Å². The number of nitrogens with zero attached hydrogens (tertiary/aromatic N) is 1. The highest BCUT2D eigenvalue weighted by molar-refractivity contribution is 6.25. The van der Waals surface area contributed by atoms with Gasteiger partial charge in [0, 0.05) is 24.5 Å². The van der Waals surface area contributed by atoms with Gasteiger partial charge in [0.1, 0.15) is 0 Å². The molecule has 2 N–H and O–H groups in total. The van der Waals surface area contributed by atoms with E-state index in [2.05, 4.69) is 0 Å². The van der Waals surface area contributed by atoms with Crippen molar-refractivity contribution < 1.29 is 0 Å². The molecule has 0 saturated carbocycles. The number of aryl methyl sites for hydroxylation is 1. The van der Waals surface area contributed by atoms with Crippen molar-refractivity contribution in [1.29, 1.82) is 0 Å². The molecule has 0 atom stereocenters. The Labute approximate surface area is 71.7 Å². The monoisotopic (exact) mass is 170 g/mol. The molecule has 1 rings (SSSR count). The van der Waals surface area contributed by atoms with Gasteiger partial charge in [-0.25, -0.2) is 0 Å². The molecule has 0 heterocycles. The lowest BCUT2D eigenvalue weighted by Crippen LogP contribution is -2.01. The summed E-state index contributed by atoms with van der Waals surface area (Å²) < 4.78 is 1.52. The van der Waals surface area contributed by atoms with Crippen molar-refractivity contribution in [1.82, 2.24) is 0 Å². The molecule has 0 saturated heterocycles. The molecule has 0 aliphatic rings. The number of benzene rings is 1. The van der Waals surface area contributed by atoms with E-state index < -0.39 is 0 Å². The number of hydrogen-bond donors (Lipinski definition) is 1. The second-order valence-corrected chi connectivity index (χ2v) is 3.09. The third kappa shape index (κ3) is 2.02. The fourth-order valence-corrected chi connectivity index (χ4v) is 1.07. The van der Waals surface area contributed by atoms with Crippen LogP contribution < -0.4 is 10.2 Å². The van der Waals surface area contributed by atoms with E-state index in [1.807, 2.05) is 25.1 Å². The van der Waals surface area contributed by atoms with Gasteiger partial charge in [0.25, 0.3) is 0 Å². The molecule has 0 bridgehead atoms. The predicted molar refractivity (Wildman–Crippen MR) is 49.8 cm³/mol. The largest absolute Gasteiger partial charge is 0.399 e. The van der Waals surface area contributed by atoms with E-state index in [0.717, 1.165) is 16.9 Å². The Hall–Kier alpha value is -0.890. The van der Waals surface area contributed by atoms with E-state index in [9.17, 15) is 0 Å². The molecule has 60 valence electrons. The topological polar surface area (TPSA) is 29.3 Å². The Bertz CT molecular complexity index is 238. The molecular weight excluding hydrogens is 160 g/mol. The minimum absolute atomic E-state index is 0.743. The maximum absolute atomic E-state index is 5.72. The minimum atomic E-state index is 0.743. The molecule has 3 heteroatoms. The molecule has 0 spiro atoms. The summed E-state index contributed by atoms with van der Waals surface area (Å²) in [7, 11) is 1.77. The fraction of sp³-hybridized carbons (Fsp3) is 0.250. The highest BCUT2D eigenvalue weighted by Gasteiger charge is 1.98. The highest BCUT2D eigenvalue weighted by Crippen LogP contribution is 2.20. The average Bonchev–Trinajstić information content (AvgIpc) is 1.85. The van der Waals surface area contributed by atoms with Crippen molar-refractivity contribution in [2.75, 3.05) is 17.2 Å². The Morgan fingerprint density at radius 3 is 2.45 bits per heavy atom. The molecule has 1 aromatic rings. The first-order valence-corrected chi connectivity index (χ1v) is 3.70.